The molecule has 2 nitrogen and oxygen atoms in total. The van der Waals surface area contributed by atoms with Crippen LogP contribution in [-0.4, -0.2) is 11.5 Å². The summed E-state index contributed by atoms with van der Waals surface area (Å²) >= 11 is 0. The smallest absolute Gasteiger partial charge is 0.214 e. The average molecular weight is 158 g/mol. The summed E-state index contributed by atoms with van der Waals surface area (Å²) in [7, 11) is 0. The average Bonchev–Trinajstić information content (AvgIpc) is 1.98. The molecule has 60 valence electrons. The molecule has 0 aliphatic heterocycles. The van der Waals surface area contributed by atoms with Crippen molar-refractivity contribution < 1.29 is 8.78 Å². The zero-order valence-electron chi connectivity index (χ0n) is 6.06. The van der Waals surface area contributed by atoms with Gasteiger partial charge in [0, 0.05) is 6.54 Å². The van der Waals surface area contributed by atoms with E-state index in [1.807, 2.05) is 0 Å². The number of halogens is 2. The van der Waals surface area contributed by atoms with Gasteiger partial charge in [-0.15, -0.1) is 0 Å². The maximum absolute atomic E-state index is 12.7. The summed E-state index contributed by atoms with van der Waals surface area (Å²) in [4.78, 5) is 3.31. The van der Waals surface area contributed by atoms with E-state index >= 15 is 0 Å². The molecule has 0 unspecified atom stereocenters. The monoisotopic (exact) mass is 158 g/mol. The van der Waals surface area contributed by atoms with Gasteiger partial charge in [0.05, 0.1) is 0 Å². The van der Waals surface area contributed by atoms with Gasteiger partial charge >= 0.3 is 0 Å². The highest BCUT2D eigenvalue weighted by Crippen LogP contribution is 2.09. The van der Waals surface area contributed by atoms with Crippen LogP contribution in [0.25, 0.3) is 0 Å². The second-order valence-corrected chi connectivity index (χ2v) is 1.99. The highest BCUT2D eigenvalue weighted by molar-refractivity contribution is 5.35. The lowest BCUT2D eigenvalue weighted by Crippen LogP contribution is -2.02. The molecule has 1 aromatic heterocycles. The van der Waals surface area contributed by atoms with Crippen molar-refractivity contribution in [1.82, 2.24) is 4.98 Å². The molecule has 0 bridgehead atoms. The summed E-state index contributed by atoms with van der Waals surface area (Å²) in [5.41, 5.74) is 0. The summed E-state index contributed by atoms with van der Waals surface area (Å²) < 4.78 is 25.0. The Kier molecular flexibility index (Phi) is 2.36. The van der Waals surface area contributed by atoms with Gasteiger partial charge in [-0.1, -0.05) is 0 Å². The fraction of sp³-hybridized carbons (Fsp3) is 0.286. The topological polar surface area (TPSA) is 24.9 Å². The van der Waals surface area contributed by atoms with Gasteiger partial charge in [-0.05, 0) is 19.1 Å². The van der Waals surface area contributed by atoms with Gasteiger partial charge in [0.1, 0.15) is 0 Å². The lowest BCUT2D eigenvalue weighted by Gasteiger charge is -2.01. The Morgan fingerprint density at radius 1 is 1.45 bits per heavy atom. The predicted molar refractivity (Wildman–Crippen MR) is 38.3 cm³/mol. The van der Waals surface area contributed by atoms with Crippen LogP contribution in [0.1, 0.15) is 6.92 Å². The molecule has 4 heteroatoms. The minimum Gasteiger partial charge on any atom is -0.368 e. The first-order valence-corrected chi connectivity index (χ1v) is 3.30. The van der Waals surface area contributed by atoms with Gasteiger partial charge < -0.3 is 5.32 Å². The first-order valence-electron chi connectivity index (χ1n) is 3.30. The quantitative estimate of drug-likeness (QED) is 0.664. The first-order chi connectivity index (χ1) is 5.24. The van der Waals surface area contributed by atoms with Gasteiger partial charge in [-0.2, -0.15) is 9.37 Å². The van der Waals surface area contributed by atoms with E-state index in [1.54, 1.807) is 6.92 Å². The molecule has 0 spiro atoms. The largest absolute Gasteiger partial charge is 0.368 e. The molecule has 0 saturated carbocycles. The van der Waals surface area contributed by atoms with E-state index in [0.717, 1.165) is 12.1 Å². The number of aromatic nitrogens is 1. The molecule has 1 heterocycles. The summed E-state index contributed by atoms with van der Waals surface area (Å²) in [6, 6.07) is 2.02. The molecule has 0 aliphatic carbocycles. The summed E-state index contributed by atoms with van der Waals surface area (Å²) in [6.07, 6.45) is 0. The highest BCUT2D eigenvalue weighted by atomic mass is 19.1. The van der Waals surface area contributed by atoms with Crippen LogP contribution < -0.4 is 5.32 Å². The van der Waals surface area contributed by atoms with Gasteiger partial charge in [-0.3, -0.25) is 0 Å². The minimum atomic E-state index is -0.678. The van der Waals surface area contributed by atoms with E-state index in [-0.39, 0.29) is 5.82 Å². The van der Waals surface area contributed by atoms with Crippen molar-refractivity contribution in [3.63, 3.8) is 0 Å². The molecule has 0 aliphatic rings. The van der Waals surface area contributed by atoms with E-state index in [2.05, 4.69) is 10.3 Å². The second-order valence-electron chi connectivity index (χ2n) is 1.99. The number of nitrogens with one attached hydrogen (secondary N) is 1. The van der Waals surface area contributed by atoms with E-state index < -0.39 is 11.8 Å². The molecule has 0 radical (unpaired) electrons. The number of hydrogen-bond acceptors (Lipinski definition) is 2. The number of anilines is 1. The number of rotatable bonds is 2. The van der Waals surface area contributed by atoms with Crippen LogP contribution in [0.4, 0.5) is 14.6 Å². The Bertz CT molecular complexity index is 250. The van der Waals surface area contributed by atoms with E-state index in [4.69, 9.17) is 0 Å². The zero-order chi connectivity index (χ0) is 8.27. The lowest BCUT2D eigenvalue weighted by molar-refractivity contribution is 0.563. The van der Waals surface area contributed by atoms with Crippen molar-refractivity contribution >= 4 is 5.82 Å². The molecule has 1 N–H and O–H groups in total. The second kappa shape index (κ2) is 3.27. The SMILES string of the molecule is CCNc1nc(F)ccc1F. The highest BCUT2D eigenvalue weighted by Gasteiger charge is 2.02. The van der Waals surface area contributed by atoms with Crippen molar-refractivity contribution in [3.05, 3.63) is 23.9 Å². The standard InChI is InChI=1S/C7H8F2N2/c1-2-10-7-5(8)3-4-6(9)11-7/h3-4H,2H2,1H3,(H,10,11). The van der Waals surface area contributed by atoms with Crippen molar-refractivity contribution in [1.29, 1.82) is 0 Å². The molecule has 0 fully saturated rings. The molecule has 1 rings (SSSR count). The van der Waals surface area contributed by atoms with Crippen LogP contribution >= 0.6 is 0 Å². The van der Waals surface area contributed by atoms with E-state index in [0.29, 0.717) is 6.54 Å². The molecule has 0 atom stereocenters. The van der Waals surface area contributed by atoms with Crippen LogP contribution in [0, 0.1) is 11.8 Å². The minimum absolute atomic E-state index is 0.0347. The summed E-state index contributed by atoms with van der Waals surface area (Å²) in [5.74, 6) is -1.25. The number of pyridine rings is 1. The van der Waals surface area contributed by atoms with Gasteiger partial charge in [0.15, 0.2) is 11.6 Å². The Morgan fingerprint density at radius 2 is 2.18 bits per heavy atom. The van der Waals surface area contributed by atoms with Crippen molar-refractivity contribution in [2.24, 2.45) is 0 Å². The normalized spacial score (nSPS) is 9.73. The van der Waals surface area contributed by atoms with Gasteiger partial charge in [0.2, 0.25) is 5.95 Å². The number of nitrogens with zero attached hydrogens (tertiary/aromatic N) is 1. The Balaban J connectivity index is 2.93. The van der Waals surface area contributed by atoms with Crippen LogP contribution in [0.15, 0.2) is 12.1 Å². The summed E-state index contributed by atoms with van der Waals surface area (Å²) in [5, 5.41) is 2.59. The van der Waals surface area contributed by atoms with Crippen molar-refractivity contribution in [2.45, 2.75) is 6.92 Å². The Labute approximate surface area is 63.3 Å². The van der Waals surface area contributed by atoms with E-state index in [9.17, 15) is 8.78 Å². The fourth-order valence-corrected chi connectivity index (χ4v) is 0.710. The molecule has 0 amide bonds. The molecule has 1 aromatic rings. The van der Waals surface area contributed by atoms with Crippen LogP contribution in [0.2, 0.25) is 0 Å². The number of hydrogen-bond donors (Lipinski definition) is 1. The third-order valence-corrected chi connectivity index (χ3v) is 1.16. The summed E-state index contributed by atoms with van der Waals surface area (Å²) in [6.45, 7) is 2.30. The van der Waals surface area contributed by atoms with Gasteiger partial charge in [0.25, 0.3) is 0 Å². The van der Waals surface area contributed by atoms with E-state index in [1.165, 1.54) is 0 Å². The lowest BCUT2D eigenvalue weighted by atomic mass is 10.4. The molecular formula is C7H8F2N2. The first kappa shape index (κ1) is 7.91. The van der Waals surface area contributed by atoms with Crippen LogP contribution in [-0.2, 0) is 0 Å². The van der Waals surface area contributed by atoms with Crippen LogP contribution in [0.3, 0.4) is 0 Å². The third kappa shape index (κ3) is 1.86. The van der Waals surface area contributed by atoms with Crippen molar-refractivity contribution in [2.75, 3.05) is 11.9 Å². The zero-order valence-corrected chi connectivity index (χ0v) is 6.06. The third-order valence-electron chi connectivity index (χ3n) is 1.16. The Hall–Kier alpha value is -1.19. The predicted octanol–water partition coefficient (Wildman–Crippen LogP) is 1.79. The molecular weight excluding hydrogens is 150 g/mol. The van der Waals surface area contributed by atoms with Crippen molar-refractivity contribution in [3.8, 4) is 0 Å². The Morgan fingerprint density at radius 3 is 2.82 bits per heavy atom. The van der Waals surface area contributed by atoms with Crippen LogP contribution in [0.5, 0.6) is 0 Å². The fourth-order valence-electron chi connectivity index (χ4n) is 0.710. The molecule has 0 saturated heterocycles. The maximum atomic E-state index is 12.7. The maximum Gasteiger partial charge on any atom is 0.214 e. The molecule has 11 heavy (non-hydrogen) atoms. The van der Waals surface area contributed by atoms with Gasteiger partial charge in [-0.25, -0.2) is 4.39 Å². The molecule has 0 aromatic carbocycles.